The van der Waals surface area contributed by atoms with Crippen LogP contribution in [0.3, 0.4) is 0 Å². The number of thioether (sulfide) groups is 1. The third kappa shape index (κ3) is 3.22. The Hall–Kier alpha value is -2.34. The summed E-state index contributed by atoms with van der Waals surface area (Å²) in [5.41, 5.74) is 1.80. The molecule has 0 unspecified atom stereocenters. The van der Waals surface area contributed by atoms with Crippen LogP contribution in [0, 0.1) is 6.92 Å². The van der Waals surface area contributed by atoms with Gasteiger partial charge in [-0.2, -0.15) is 0 Å². The van der Waals surface area contributed by atoms with Crippen molar-refractivity contribution in [3.05, 3.63) is 53.8 Å². The van der Waals surface area contributed by atoms with Gasteiger partial charge in [-0.1, -0.05) is 41.6 Å². The number of aryl methyl sites for hydroxylation is 1. The Kier molecular flexibility index (Phi) is 3.87. The first-order valence-electron chi connectivity index (χ1n) is 6.32. The molecule has 3 rings (SSSR count). The molecule has 0 fully saturated rings. The summed E-state index contributed by atoms with van der Waals surface area (Å²) in [5, 5.41) is 8.11. The third-order valence-electron chi connectivity index (χ3n) is 2.84. The van der Waals surface area contributed by atoms with Crippen LogP contribution in [0.2, 0.25) is 0 Å². The smallest absolute Gasteiger partial charge is 0.284 e. The van der Waals surface area contributed by atoms with Gasteiger partial charge in [0.25, 0.3) is 11.1 Å². The first-order chi connectivity index (χ1) is 10.2. The van der Waals surface area contributed by atoms with Gasteiger partial charge in [-0.05, 0) is 19.1 Å². The minimum absolute atomic E-state index is 0.0257. The van der Waals surface area contributed by atoms with E-state index in [-0.39, 0.29) is 11.5 Å². The van der Waals surface area contributed by atoms with Crippen molar-refractivity contribution in [2.24, 2.45) is 0 Å². The molecule has 0 radical (unpaired) electrons. The Bertz CT molecular complexity index is 733. The van der Waals surface area contributed by atoms with Crippen molar-refractivity contribution in [1.29, 1.82) is 0 Å². The Morgan fingerprint density at radius 2 is 2.00 bits per heavy atom. The van der Waals surface area contributed by atoms with Crippen LogP contribution in [0.25, 0.3) is 11.7 Å². The fourth-order valence-electron chi connectivity index (χ4n) is 1.72. The van der Waals surface area contributed by atoms with Crippen LogP contribution >= 0.6 is 11.8 Å². The molecule has 5 nitrogen and oxygen atoms in total. The number of carbonyl (C=O) groups is 1. The van der Waals surface area contributed by atoms with E-state index in [1.165, 1.54) is 18.0 Å². The van der Waals surface area contributed by atoms with E-state index in [1.807, 2.05) is 31.2 Å². The third-order valence-corrected chi connectivity index (χ3v) is 3.66. The molecule has 106 valence electrons. The molecule has 1 aromatic carbocycles. The molecule has 0 spiro atoms. The monoisotopic (exact) mass is 300 g/mol. The van der Waals surface area contributed by atoms with Gasteiger partial charge >= 0.3 is 0 Å². The normalized spacial score (nSPS) is 10.7. The van der Waals surface area contributed by atoms with E-state index in [0.717, 1.165) is 5.56 Å². The highest BCUT2D eigenvalue weighted by Crippen LogP contribution is 2.23. The van der Waals surface area contributed by atoms with Gasteiger partial charge in [-0.3, -0.25) is 4.79 Å². The number of Topliss-reactive ketones (excluding diaryl/α,β-unsaturated/α-hetero) is 1. The summed E-state index contributed by atoms with van der Waals surface area (Å²) in [6.45, 7) is 1.98. The molecule has 0 saturated carbocycles. The lowest BCUT2D eigenvalue weighted by atomic mass is 10.1. The Balaban J connectivity index is 1.62. The van der Waals surface area contributed by atoms with E-state index in [0.29, 0.717) is 22.4 Å². The minimum Gasteiger partial charge on any atom is -0.459 e. The van der Waals surface area contributed by atoms with E-state index in [1.54, 1.807) is 12.1 Å². The summed E-state index contributed by atoms with van der Waals surface area (Å²) in [7, 11) is 0. The zero-order chi connectivity index (χ0) is 14.7. The Morgan fingerprint density at radius 1 is 1.19 bits per heavy atom. The molecule has 2 heterocycles. The van der Waals surface area contributed by atoms with Crippen LogP contribution in [0.15, 0.2) is 56.7 Å². The van der Waals surface area contributed by atoms with Crippen LogP contribution in [0.4, 0.5) is 0 Å². The predicted molar refractivity (Wildman–Crippen MR) is 78.2 cm³/mol. The van der Waals surface area contributed by atoms with Crippen molar-refractivity contribution in [2.45, 2.75) is 12.1 Å². The summed E-state index contributed by atoms with van der Waals surface area (Å²) >= 11 is 1.21. The maximum Gasteiger partial charge on any atom is 0.284 e. The van der Waals surface area contributed by atoms with E-state index in [2.05, 4.69) is 10.2 Å². The Morgan fingerprint density at radius 3 is 2.71 bits per heavy atom. The first kappa shape index (κ1) is 13.6. The molecule has 0 bridgehead atoms. The second kappa shape index (κ2) is 5.97. The lowest BCUT2D eigenvalue weighted by Crippen LogP contribution is -2.02. The molecule has 6 heteroatoms. The zero-order valence-electron chi connectivity index (χ0n) is 11.3. The zero-order valence-corrected chi connectivity index (χ0v) is 12.1. The molecule has 3 aromatic rings. The van der Waals surface area contributed by atoms with Crippen LogP contribution in [0.1, 0.15) is 15.9 Å². The van der Waals surface area contributed by atoms with Crippen LogP contribution in [-0.2, 0) is 0 Å². The number of benzene rings is 1. The molecular weight excluding hydrogens is 288 g/mol. The van der Waals surface area contributed by atoms with Gasteiger partial charge in [0.2, 0.25) is 0 Å². The highest BCUT2D eigenvalue weighted by Gasteiger charge is 2.13. The van der Waals surface area contributed by atoms with Gasteiger partial charge in [0.05, 0.1) is 12.0 Å². The van der Waals surface area contributed by atoms with Gasteiger partial charge < -0.3 is 8.83 Å². The molecule has 0 amide bonds. The SMILES string of the molecule is Cc1ccc(C(=O)CSc2nnc(-c3ccco3)o2)cc1. The van der Waals surface area contributed by atoms with E-state index >= 15 is 0 Å². The molecular formula is C15H12N2O3S. The summed E-state index contributed by atoms with van der Waals surface area (Å²) in [6, 6.07) is 11.0. The second-order valence-corrected chi connectivity index (χ2v) is 5.35. The number of rotatable bonds is 5. The summed E-state index contributed by atoms with van der Waals surface area (Å²) in [5.74, 6) is 1.10. The average Bonchev–Trinajstić information content (AvgIpc) is 3.16. The molecule has 2 aromatic heterocycles. The summed E-state index contributed by atoms with van der Waals surface area (Å²) in [6.07, 6.45) is 1.53. The fraction of sp³-hybridized carbons (Fsp3) is 0.133. The molecule has 0 aliphatic heterocycles. The number of carbonyl (C=O) groups excluding carboxylic acids is 1. The standard InChI is InChI=1S/C15H12N2O3S/c1-10-4-6-11(7-5-10)12(18)9-21-15-17-16-14(20-15)13-3-2-8-19-13/h2-8H,9H2,1H3. The van der Waals surface area contributed by atoms with Crippen molar-refractivity contribution in [3.8, 4) is 11.7 Å². The number of furan rings is 1. The van der Waals surface area contributed by atoms with Crippen molar-refractivity contribution >= 4 is 17.5 Å². The fourth-order valence-corrected chi connectivity index (χ4v) is 2.38. The molecule has 0 atom stereocenters. The van der Waals surface area contributed by atoms with Gasteiger partial charge in [0, 0.05) is 5.56 Å². The maximum atomic E-state index is 12.0. The quantitative estimate of drug-likeness (QED) is 0.529. The van der Waals surface area contributed by atoms with Gasteiger partial charge in [0.1, 0.15) is 0 Å². The maximum absolute atomic E-state index is 12.0. The van der Waals surface area contributed by atoms with E-state index in [9.17, 15) is 4.79 Å². The van der Waals surface area contributed by atoms with Gasteiger partial charge in [-0.15, -0.1) is 10.2 Å². The highest BCUT2D eigenvalue weighted by molar-refractivity contribution is 7.99. The van der Waals surface area contributed by atoms with Crippen LogP contribution in [-0.4, -0.2) is 21.7 Å². The van der Waals surface area contributed by atoms with Crippen molar-refractivity contribution in [1.82, 2.24) is 10.2 Å². The van der Waals surface area contributed by atoms with E-state index < -0.39 is 0 Å². The van der Waals surface area contributed by atoms with Gasteiger partial charge in [0.15, 0.2) is 11.5 Å². The highest BCUT2D eigenvalue weighted by atomic mass is 32.2. The molecule has 0 aliphatic carbocycles. The number of hydrogen-bond acceptors (Lipinski definition) is 6. The number of aromatic nitrogens is 2. The molecule has 0 N–H and O–H groups in total. The van der Waals surface area contributed by atoms with E-state index in [4.69, 9.17) is 8.83 Å². The number of nitrogens with zero attached hydrogens (tertiary/aromatic N) is 2. The Labute approximate surface area is 125 Å². The topological polar surface area (TPSA) is 69.1 Å². The number of ketones is 1. The summed E-state index contributed by atoms with van der Waals surface area (Å²) in [4.78, 5) is 12.0. The molecule has 0 saturated heterocycles. The second-order valence-electron chi connectivity index (χ2n) is 4.43. The lowest BCUT2D eigenvalue weighted by Gasteiger charge is -1.99. The largest absolute Gasteiger partial charge is 0.459 e. The molecule has 21 heavy (non-hydrogen) atoms. The average molecular weight is 300 g/mol. The molecule has 0 aliphatic rings. The van der Waals surface area contributed by atoms with Gasteiger partial charge in [-0.25, -0.2) is 0 Å². The first-order valence-corrected chi connectivity index (χ1v) is 7.31. The van der Waals surface area contributed by atoms with Crippen molar-refractivity contribution in [2.75, 3.05) is 5.75 Å². The summed E-state index contributed by atoms with van der Waals surface area (Å²) < 4.78 is 10.6. The van der Waals surface area contributed by atoms with Crippen LogP contribution in [0.5, 0.6) is 0 Å². The number of hydrogen-bond donors (Lipinski definition) is 0. The van der Waals surface area contributed by atoms with Crippen molar-refractivity contribution in [3.63, 3.8) is 0 Å². The predicted octanol–water partition coefficient (Wildman–Crippen LogP) is 3.61. The lowest BCUT2D eigenvalue weighted by molar-refractivity contribution is 0.102. The van der Waals surface area contributed by atoms with Crippen LogP contribution < -0.4 is 0 Å². The minimum atomic E-state index is 0.0257. The van der Waals surface area contributed by atoms with Crippen molar-refractivity contribution < 1.29 is 13.6 Å².